The molecule has 1 fully saturated rings. The van der Waals surface area contributed by atoms with Gasteiger partial charge in [0.25, 0.3) is 0 Å². The zero-order chi connectivity index (χ0) is 14.8. The molecule has 1 saturated carbocycles. The molecule has 0 unspecified atom stereocenters. The fourth-order valence-electron chi connectivity index (χ4n) is 2.60. The molecule has 1 aromatic rings. The van der Waals surface area contributed by atoms with E-state index < -0.39 is 10.0 Å². The van der Waals surface area contributed by atoms with E-state index in [0.717, 1.165) is 18.8 Å². The van der Waals surface area contributed by atoms with E-state index in [0.29, 0.717) is 17.5 Å². The second-order valence-corrected chi connectivity index (χ2v) is 7.07. The second-order valence-electron chi connectivity index (χ2n) is 5.51. The zero-order valence-corrected chi connectivity index (χ0v) is 12.7. The maximum Gasteiger partial charge on any atom is 0.238 e. The number of sulfonamides is 1. The number of ether oxygens (including phenoxy) is 1. The molecule has 5 nitrogen and oxygen atoms in total. The first-order chi connectivity index (χ1) is 9.40. The first-order valence-electron chi connectivity index (χ1n) is 6.87. The van der Waals surface area contributed by atoms with Gasteiger partial charge in [0.2, 0.25) is 10.0 Å². The number of methoxy groups -OCH3 is 1. The summed E-state index contributed by atoms with van der Waals surface area (Å²) in [7, 11) is -2.13. The van der Waals surface area contributed by atoms with Crippen molar-refractivity contribution >= 4 is 15.7 Å². The van der Waals surface area contributed by atoms with Gasteiger partial charge in [0.15, 0.2) is 0 Å². The lowest BCUT2D eigenvalue weighted by Crippen LogP contribution is -2.25. The summed E-state index contributed by atoms with van der Waals surface area (Å²) in [4.78, 5) is 0.102. The molecule has 2 rings (SSSR count). The lowest BCUT2D eigenvalue weighted by molar-refractivity contribution is 0.359. The van der Waals surface area contributed by atoms with Gasteiger partial charge >= 0.3 is 0 Å². The van der Waals surface area contributed by atoms with Crippen LogP contribution < -0.4 is 15.2 Å². The topological polar surface area (TPSA) is 81.4 Å². The lowest BCUT2D eigenvalue weighted by Gasteiger charge is -2.28. The van der Waals surface area contributed by atoms with Crippen molar-refractivity contribution in [2.24, 2.45) is 11.1 Å². The molecule has 20 heavy (non-hydrogen) atoms. The van der Waals surface area contributed by atoms with E-state index in [1.807, 2.05) is 0 Å². The van der Waals surface area contributed by atoms with Gasteiger partial charge in [0, 0.05) is 6.04 Å². The molecule has 1 aliphatic rings. The largest absolute Gasteiger partial charge is 0.495 e. The number of hydrogen-bond donors (Lipinski definition) is 2. The molecule has 0 bridgehead atoms. The Morgan fingerprint density at radius 2 is 1.90 bits per heavy atom. The Bertz CT molecular complexity index is 564. The first kappa shape index (κ1) is 15.1. The highest BCUT2D eigenvalue weighted by Gasteiger charge is 2.20. The van der Waals surface area contributed by atoms with Crippen LogP contribution in [0.25, 0.3) is 0 Å². The Labute approximate surface area is 120 Å². The monoisotopic (exact) mass is 298 g/mol. The molecule has 3 N–H and O–H groups in total. The number of nitrogens with one attached hydrogen (secondary N) is 1. The molecular formula is C14H22N2O3S. The number of rotatable bonds is 4. The molecule has 6 heteroatoms. The highest BCUT2D eigenvalue weighted by atomic mass is 32.2. The number of benzene rings is 1. The van der Waals surface area contributed by atoms with E-state index in [1.54, 1.807) is 19.2 Å². The van der Waals surface area contributed by atoms with E-state index in [4.69, 9.17) is 9.88 Å². The van der Waals surface area contributed by atoms with Gasteiger partial charge in [-0.25, -0.2) is 13.6 Å². The molecule has 0 saturated heterocycles. The predicted molar refractivity (Wildman–Crippen MR) is 79.4 cm³/mol. The van der Waals surface area contributed by atoms with Gasteiger partial charge in [0.05, 0.1) is 17.7 Å². The molecule has 0 radical (unpaired) electrons. The molecule has 0 aromatic heterocycles. The molecule has 0 amide bonds. The van der Waals surface area contributed by atoms with Gasteiger partial charge in [-0.2, -0.15) is 0 Å². The zero-order valence-electron chi connectivity index (χ0n) is 11.9. The maximum absolute atomic E-state index is 11.4. The summed E-state index contributed by atoms with van der Waals surface area (Å²) in [5.74, 6) is 1.40. The van der Waals surface area contributed by atoms with Crippen LogP contribution in [-0.4, -0.2) is 21.6 Å². The highest BCUT2D eigenvalue weighted by molar-refractivity contribution is 7.89. The summed E-state index contributed by atoms with van der Waals surface area (Å²) in [5.41, 5.74) is 0.693. The molecule has 0 heterocycles. The molecule has 1 aromatic carbocycles. The van der Waals surface area contributed by atoms with Crippen molar-refractivity contribution in [3.63, 3.8) is 0 Å². The Hall–Kier alpha value is -1.27. The summed E-state index contributed by atoms with van der Waals surface area (Å²) in [6.07, 6.45) is 4.55. The van der Waals surface area contributed by atoms with Crippen LogP contribution in [0.5, 0.6) is 5.75 Å². The summed E-state index contributed by atoms with van der Waals surface area (Å²) >= 11 is 0. The summed E-state index contributed by atoms with van der Waals surface area (Å²) in [5, 5.41) is 8.56. The van der Waals surface area contributed by atoms with Crippen LogP contribution in [0, 0.1) is 5.92 Å². The van der Waals surface area contributed by atoms with Gasteiger partial charge in [-0.15, -0.1) is 0 Å². The summed E-state index contributed by atoms with van der Waals surface area (Å²) in [6.45, 7) is 2.26. The third-order valence-corrected chi connectivity index (χ3v) is 4.79. The predicted octanol–water partition coefficient (Wildman–Crippen LogP) is 2.33. The minimum atomic E-state index is -3.70. The Morgan fingerprint density at radius 3 is 2.45 bits per heavy atom. The van der Waals surface area contributed by atoms with Crippen molar-refractivity contribution in [3.05, 3.63) is 18.2 Å². The molecule has 1 aliphatic carbocycles. The van der Waals surface area contributed by atoms with Gasteiger partial charge in [-0.3, -0.25) is 0 Å². The van der Waals surface area contributed by atoms with Crippen LogP contribution in [0.2, 0.25) is 0 Å². The maximum atomic E-state index is 11.4. The minimum absolute atomic E-state index is 0.102. The molecular weight excluding hydrogens is 276 g/mol. The number of nitrogens with two attached hydrogens (primary N) is 1. The van der Waals surface area contributed by atoms with E-state index >= 15 is 0 Å². The number of primary sulfonamides is 1. The van der Waals surface area contributed by atoms with Crippen molar-refractivity contribution in [2.45, 2.75) is 43.5 Å². The van der Waals surface area contributed by atoms with Crippen molar-refractivity contribution < 1.29 is 13.2 Å². The average Bonchev–Trinajstić information content (AvgIpc) is 2.40. The SMILES string of the molecule is COc1ccc(S(N)(=O)=O)cc1NC1CCC(C)CC1. The van der Waals surface area contributed by atoms with Crippen LogP contribution >= 0.6 is 0 Å². The fourth-order valence-corrected chi connectivity index (χ4v) is 3.14. The van der Waals surface area contributed by atoms with Crippen LogP contribution in [0.4, 0.5) is 5.69 Å². The lowest BCUT2D eigenvalue weighted by atomic mass is 9.87. The van der Waals surface area contributed by atoms with E-state index in [2.05, 4.69) is 12.2 Å². The van der Waals surface area contributed by atoms with E-state index in [9.17, 15) is 8.42 Å². The van der Waals surface area contributed by atoms with E-state index in [-0.39, 0.29) is 4.90 Å². The quantitative estimate of drug-likeness (QED) is 0.894. The smallest absolute Gasteiger partial charge is 0.238 e. The fraction of sp³-hybridized carbons (Fsp3) is 0.571. The number of hydrogen-bond acceptors (Lipinski definition) is 4. The van der Waals surface area contributed by atoms with Crippen molar-refractivity contribution in [1.82, 2.24) is 0 Å². The van der Waals surface area contributed by atoms with Crippen LogP contribution in [0.3, 0.4) is 0 Å². The first-order valence-corrected chi connectivity index (χ1v) is 8.42. The molecule has 0 spiro atoms. The van der Waals surface area contributed by atoms with Crippen molar-refractivity contribution in [3.8, 4) is 5.75 Å². The average molecular weight is 298 g/mol. The van der Waals surface area contributed by atoms with Crippen molar-refractivity contribution in [1.29, 1.82) is 0 Å². The van der Waals surface area contributed by atoms with Gasteiger partial charge in [-0.1, -0.05) is 6.92 Å². The minimum Gasteiger partial charge on any atom is -0.495 e. The Balaban J connectivity index is 2.20. The molecule has 0 aliphatic heterocycles. The molecule has 0 atom stereocenters. The summed E-state index contributed by atoms with van der Waals surface area (Å²) < 4.78 is 28.1. The van der Waals surface area contributed by atoms with Crippen LogP contribution in [-0.2, 0) is 10.0 Å². The van der Waals surface area contributed by atoms with Gasteiger partial charge < -0.3 is 10.1 Å². The number of anilines is 1. The third-order valence-electron chi connectivity index (χ3n) is 3.87. The van der Waals surface area contributed by atoms with Crippen molar-refractivity contribution in [2.75, 3.05) is 12.4 Å². The second kappa shape index (κ2) is 6.01. The normalized spacial score (nSPS) is 23.4. The third kappa shape index (κ3) is 3.64. The van der Waals surface area contributed by atoms with Gasteiger partial charge in [0.1, 0.15) is 5.75 Å². The highest BCUT2D eigenvalue weighted by Crippen LogP contribution is 2.31. The van der Waals surface area contributed by atoms with Crippen LogP contribution in [0.1, 0.15) is 32.6 Å². The standard InChI is InChI=1S/C14H22N2O3S/c1-10-3-5-11(6-4-10)16-13-9-12(20(15,17)18)7-8-14(13)19-2/h7-11,16H,3-6H2,1-2H3,(H2,15,17,18). The van der Waals surface area contributed by atoms with Gasteiger partial charge in [-0.05, 0) is 49.8 Å². The van der Waals surface area contributed by atoms with Crippen LogP contribution in [0.15, 0.2) is 23.1 Å². The Morgan fingerprint density at radius 1 is 1.25 bits per heavy atom. The Kier molecular flexibility index (Phi) is 4.55. The molecule has 112 valence electrons. The van der Waals surface area contributed by atoms with E-state index in [1.165, 1.54) is 18.9 Å². The summed E-state index contributed by atoms with van der Waals surface area (Å²) in [6, 6.07) is 5.00.